The maximum Gasteiger partial charge on any atom is 0.162 e. The number of hydrogen-bond donors (Lipinski definition) is 2. The van der Waals surface area contributed by atoms with Crippen molar-refractivity contribution in [1.29, 1.82) is 0 Å². The van der Waals surface area contributed by atoms with Crippen LogP contribution in [-0.4, -0.2) is 49.2 Å². The lowest BCUT2D eigenvalue weighted by Crippen LogP contribution is -2.56. The molecule has 2 fully saturated rings. The summed E-state index contributed by atoms with van der Waals surface area (Å²) in [6.45, 7) is 32.5. The van der Waals surface area contributed by atoms with E-state index < -0.39 is 0 Å². The monoisotopic (exact) mass is 681 g/mol. The predicted molar refractivity (Wildman–Crippen MR) is 200 cm³/mol. The Kier molecular flexibility index (Phi) is 11.7. The predicted octanol–water partition coefficient (Wildman–Crippen LogP) is 10.3. The minimum atomic E-state index is -0.363. The van der Waals surface area contributed by atoms with Crippen molar-refractivity contribution in [3.63, 3.8) is 0 Å². The number of ether oxygens (including phenoxy) is 4. The molecule has 2 saturated heterocycles. The van der Waals surface area contributed by atoms with E-state index in [4.69, 9.17) is 18.9 Å². The van der Waals surface area contributed by atoms with Gasteiger partial charge in [-0.05, 0) is 81.7 Å². The van der Waals surface area contributed by atoms with Crippen molar-refractivity contribution in [2.24, 2.45) is 16.2 Å². The first-order valence-corrected chi connectivity index (χ1v) is 18.7. The molecule has 6 heteroatoms. The lowest BCUT2D eigenvalue weighted by molar-refractivity contribution is -0.333. The number of benzene rings is 2. The normalized spacial score (nSPS) is 23.9. The van der Waals surface area contributed by atoms with E-state index in [0.717, 1.165) is 47.9 Å². The third kappa shape index (κ3) is 8.86. The molecule has 2 heterocycles. The van der Waals surface area contributed by atoms with Gasteiger partial charge in [0, 0.05) is 10.8 Å². The highest BCUT2D eigenvalue weighted by Crippen LogP contribution is 2.44. The zero-order chi connectivity index (χ0) is 36.7. The summed E-state index contributed by atoms with van der Waals surface area (Å²) in [7, 11) is 0. The summed E-state index contributed by atoms with van der Waals surface area (Å²) < 4.78 is 26.0. The fraction of sp³-hybridized carbons (Fsp3) is 0.721. The highest BCUT2D eigenvalue weighted by Gasteiger charge is 2.48. The summed E-state index contributed by atoms with van der Waals surface area (Å²) in [4.78, 5) is 0. The average Bonchev–Trinajstić information content (AvgIpc) is 3.00. The molecular weight excluding hydrogens is 612 g/mol. The van der Waals surface area contributed by atoms with Crippen molar-refractivity contribution in [2.45, 2.75) is 158 Å². The van der Waals surface area contributed by atoms with Gasteiger partial charge in [0.1, 0.15) is 11.5 Å². The van der Waals surface area contributed by atoms with Gasteiger partial charge in [-0.2, -0.15) is 0 Å². The molecule has 2 aromatic rings. The maximum atomic E-state index is 11.2. The van der Waals surface area contributed by atoms with E-state index in [9.17, 15) is 10.2 Å². The Morgan fingerprint density at radius 1 is 0.592 bits per heavy atom. The van der Waals surface area contributed by atoms with Crippen molar-refractivity contribution in [1.82, 2.24) is 0 Å². The van der Waals surface area contributed by atoms with Crippen LogP contribution < -0.4 is 0 Å². The molecule has 2 aliphatic rings. The number of rotatable bonds is 10. The van der Waals surface area contributed by atoms with Crippen LogP contribution in [0.5, 0.6) is 11.5 Å². The highest BCUT2D eigenvalue weighted by atomic mass is 16.7. The Morgan fingerprint density at radius 3 is 1.16 bits per heavy atom. The molecule has 2 aliphatic heterocycles. The van der Waals surface area contributed by atoms with Gasteiger partial charge in [0.25, 0.3) is 0 Å². The molecule has 0 radical (unpaired) electrons. The second-order valence-corrected chi connectivity index (χ2v) is 19.0. The molecule has 2 unspecified atom stereocenters. The van der Waals surface area contributed by atoms with Crippen LogP contribution in [0.4, 0.5) is 0 Å². The van der Waals surface area contributed by atoms with Crippen LogP contribution in [0.15, 0.2) is 24.3 Å². The molecule has 4 rings (SSSR count). The molecule has 0 saturated carbocycles. The van der Waals surface area contributed by atoms with E-state index >= 15 is 0 Å². The van der Waals surface area contributed by atoms with Crippen LogP contribution in [0.3, 0.4) is 0 Å². The topological polar surface area (TPSA) is 77.4 Å². The molecule has 0 bridgehead atoms. The SMILES string of the molecule is CCC(C)c1cc(CC(C)(C)C2OCC3(CO2)COC(C(C)(C)Cc2cc(C(C)CC)c(O)c(C(C)(C)C)c2)OC3)cc(C(C)(C)C)c1O. The van der Waals surface area contributed by atoms with Gasteiger partial charge in [0.2, 0.25) is 0 Å². The Labute approximate surface area is 298 Å². The summed E-state index contributed by atoms with van der Waals surface area (Å²) in [5.74, 6) is 1.41. The third-order valence-electron chi connectivity index (χ3n) is 11.1. The molecule has 49 heavy (non-hydrogen) atoms. The molecule has 6 nitrogen and oxygen atoms in total. The smallest absolute Gasteiger partial charge is 0.162 e. The zero-order valence-corrected chi connectivity index (χ0v) is 33.3. The van der Waals surface area contributed by atoms with Gasteiger partial charge < -0.3 is 29.2 Å². The third-order valence-corrected chi connectivity index (χ3v) is 11.1. The molecule has 1 spiro atoms. The first kappa shape index (κ1) is 39.7. The van der Waals surface area contributed by atoms with Gasteiger partial charge >= 0.3 is 0 Å². The Bertz CT molecular complexity index is 1310. The van der Waals surface area contributed by atoms with E-state index in [2.05, 4.69) is 121 Å². The molecule has 276 valence electrons. The van der Waals surface area contributed by atoms with Gasteiger partial charge in [-0.1, -0.05) is 121 Å². The summed E-state index contributed by atoms with van der Waals surface area (Å²) in [6.07, 6.45) is 2.75. The van der Waals surface area contributed by atoms with Crippen molar-refractivity contribution in [3.8, 4) is 11.5 Å². The summed E-state index contributed by atoms with van der Waals surface area (Å²) in [5, 5.41) is 22.4. The molecule has 2 N–H and O–H groups in total. The number of aromatic hydroxyl groups is 2. The number of phenolic OH excluding ortho intramolecular Hbond substituents is 2. The zero-order valence-electron chi connectivity index (χ0n) is 33.3. The van der Waals surface area contributed by atoms with Crippen molar-refractivity contribution < 1.29 is 29.2 Å². The van der Waals surface area contributed by atoms with Crippen molar-refractivity contribution in [3.05, 3.63) is 57.6 Å². The fourth-order valence-electron chi connectivity index (χ4n) is 7.45. The van der Waals surface area contributed by atoms with Crippen LogP contribution in [0, 0.1) is 16.2 Å². The molecule has 0 aliphatic carbocycles. The first-order chi connectivity index (χ1) is 22.5. The van der Waals surface area contributed by atoms with Gasteiger partial charge in [0.15, 0.2) is 12.6 Å². The Morgan fingerprint density at radius 2 is 0.898 bits per heavy atom. The van der Waals surface area contributed by atoms with Crippen LogP contribution in [0.2, 0.25) is 0 Å². The van der Waals surface area contributed by atoms with Crippen LogP contribution in [0.1, 0.15) is 155 Å². The minimum absolute atomic E-state index is 0.167. The van der Waals surface area contributed by atoms with Gasteiger partial charge in [-0.25, -0.2) is 0 Å². The maximum absolute atomic E-state index is 11.2. The fourth-order valence-corrected chi connectivity index (χ4v) is 7.45. The summed E-state index contributed by atoms with van der Waals surface area (Å²) in [6, 6.07) is 8.71. The Hall–Kier alpha value is -2.12. The van der Waals surface area contributed by atoms with E-state index in [1.165, 1.54) is 11.1 Å². The molecule has 2 atom stereocenters. The van der Waals surface area contributed by atoms with E-state index in [1.54, 1.807) is 0 Å². The first-order valence-electron chi connectivity index (χ1n) is 18.7. The molecular formula is C43H68O6. The lowest BCUT2D eigenvalue weighted by Gasteiger charge is -2.49. The van der Waals surface area contributed by atoms with Crippen LogP contribution >= 0.6 is 0 Å². The van der Waals surface area contributed by atoms with E-state index in [0.29, 0.717) is 37.9 Å². The average molecular weight is 681 g/mol. The second kappa shape index (κ2) is 14.5. The number of hydrogen-bond acceptors (Lipinski definition) is 6. The lowest BCUT2D eigenvalue weighted by atomic mass is 9.78. The van der Waals surface area contributed by atoms with Gasteiger partial charge in [-0.15, -0.1) is 0 Å². The standard InChI is InChI=1S/C43H68O6/c1-15-27(3)31-17-29(19-33(35(31)44)39(5,6)7)21-41(11,12)37-46-23-43(24-47-37)25-48-38(49-26-43)42(13,14)22-30-18-32(28(4)16-2)36(45)34(20-30)40(8,9)10/h17-20,27-28,37-38,44-45H,15-16,21-26H2,1-14H3. The molecule has 0 amide bonds. The van der Waals surface area contributed by atoms with Crippen LogP contribution in [0.25, 0.3) is 0 Å². The molecule has 0 aromatic heterocycles. The minimum Gasteiger partial charge on any atom is -0.507 e. The Balaban J connectivity index is 1.42. The van der Waals surface area contributed by atoms with Crippen LogP contribution in [-0.2, 0) is 42.6 Å². The van der Waals surface area contributed by atoms with Crippen molar-refractivity contribution in [2.75, 3.05) is 26.4 Å². The van der Waals surface area contributed by atoms with Gasteiger partial charge in [0.05, 0.1) is 31.8 Å². The van der Waals surface area contributed by atoms with Gasteiger partial charge in [-0.3, -0.25) is 0 Å². The summed E-state index contributed by atoms with van der Waals surface area (Å²) >= 11 is 0. The number of phenols is 2. The van der Waals surface area contributed by atoms with Crippen molar-refractivity contribution >= 4 is 0 Å². The quantitative estimate of drug-likeness (QED) is 0.260. The highest BCUT2D eigenvalue weighted by molar-refractivity contribution is 5.50. The molecule has 2 aromatic carbocycles. The summed E-state index contributed by atoms with van der Waals surface area (Å²) in [5.41, 5.74) is 5.18. The van der Waals surface area contributed by atoms with E-state index in [-0.39, 0.29) is 51.5 Å². The second-order valence-electron chi connectivity index (χ2n) is 19.0. The largest absolute Gasteiger partial charge is 0.507 e. The van der Waals surface area contributed by atoms with E-state index in [1.807, 2.05) is 0 Å².